The molecule has 0 aliphatic carbocycles. The van der Waals surface area contributed by atoms with Crippen molar-refractivity contribution in [3.63, 3.8) is 0 Å². The first-order chi connectivity index (χ1) is 14.0. The van der Waals surface area contributed by atoms with Crippen LogP contribution in [0, 0.1) is 13.8 Å². The lowest BCUT2D eigenvalue weighted by Gasteiger charge is -2.12. The number of allylic oxidation sites excluding steroid dienone is 2. The molecule has 0 amide bonds. The van der Waals surface area contributed by atoms with Gasteiger partial charge in [0.05, 0.1) is 6.26 Å². The van der Waals surface area contributed by atoms with Crippen LogP contribution in [-0.2, 0) is 12.8 Å². The highest BCUT2D eigenvalue weighted by Crippen LogP contribution is 2.33. The lowest BCUT2D eigenvalue weighted by Crippen LogP contribution is -2.05. The zero-order chi connectivity index (χ0) is 20.8. The molecule has 152 valence electrons. The Bertz CT molecular complexity index is 1040. The van der Waals surface area contributed by atoms with Gasteiger partial charge in [0.15, 0.2) is 0 Å². The number of hydrogen-bond donors (Lipinski definition) is 1. The van der Waals surface area contributed by atoms with Gasteiger partial charge in [-0.25, -0.2) is 0 Å². The fourth-order valence-electron chi connectivity index (χ4n) is 3.60. The van der Waals surface area contributed by atoms with Crippen molar-refractivity contribution in [3.8, 4) is 0 Å². The van der Waals surface area contributed by atoms with Crippen molar-refractivity contribution in [1.29, 1.82) is 0 Å². The molecule has 3 heteroatoms. The van der Waals surface area contributed by atoms with E-state index in [-0.39, 0.29) is 0 Å². The van der Waals surface area contributed by atoms with E-state index in [9.17, 15) is 0 Å². The predicted molar refractivity (Wildman–Crippen MR) is 128 cm³/mol. The minimum absolute atomic E-state index is 0.701. The van der Waals surface area contributed by atoms with Crippen LogP contribution in [0.5, 0.6) is 0 Å². The number of nitrogens with two attached hydrogens (primary N) is 1. The first-order valence-electron chi connectivity index (χ1n) is 10.3. The monoisotopic (exact) mass is 405 g/mol. The summed E-state index contributed by atoms with van der Waals surface area (Å²) in [6.45, 7) is 9.50. The number of thioether (sulfide) groups is 1. The van der Waals surface area contributed by atoms with Gasteiger partial charge in [0.25, 0.3) is 0 Å². The van der Waals surface area contributed by atoms with E-state index in [1.54, 1.807) is 6.26 Å². The van der Waals surface area contributed by atoms with Crippen molar-refractivity contribution in [1.82, 2.24) is 0 Å². The average Bonchev–Trinajstić information content (AvgIpc) is 3.17. The Morgan fingerprint density at radius 1 is 1.07 bits per heavy atom. The fraction of sp³-hybridized carbons (Fsp3) is 0.308. The van der Waals surface area contributed by atoms with Gasteiger partial charge >= 0.3 is 0 Å². The lowest BCUT2D eigenvalue weighted by molar-refractivity contribution is 0.616. The largest absolute Gasteiger partial charge is 0.464 e. The third-order valence-electron chi connectivity index (χ3n) is 5.19. The smallest absolute Gasteiger partial charge is 0.133 e. The Morgan fingerprint density at radius 2 is 1.83 bits per heavy atom. The molecule has 2 N–H and O–H groups in total. The van der Waals surface area contributed by atoms with Gasteiger partial charge in [0, 0.05) is 10.3 Å². The highest BCUT2D eigenvalue weighted by Gasteiger charge is 2.07. The van der Waals surface area contributed by atoms with Gasteiger partial charge in [-0.15, -0.1) is 0 Å². The molecule has 0 unspecified atom stereocenters. The van der Waals surface area contributed by atoms with E-state index in [1.165, 1.54) is 38.3 Å². The highest BCUT2D eigenvalue weighted by atomic mass is 32.2. The summed E-state index contributed by atoms with van der Waals surface area (Å²) in [5.41, 5.74) is 14.8. The zero-order valence-electron chi connectivity index (χ0n) is 17.9. The lowest BCUT2D eigenvalue weighted by atomic mass is 9.95. The molecule has 0 aliphatic heterocycles. The molecule has 2 nitrogen and oxygen atoms in total. The molecule has 0 saturated heterocycles. The highest BCUT2D eigenvalue weighted by molar-refractivity contribution is 8.10. The second kappa shape index (κ2) is 10.00. The second-order valence-electron chi connectivity index (χ2n) is 7.65. The molecular formula is C26H31NOS. The number of hydrogen-bond acceptors (Lipinski definition) is 3. The van der Waals surface area contributed by atoms with Crippen molar-refractivity contribution in [2.75, 3.05) is 6.54 Å². The standard InChI is InChI=1S/C26H31NOS/c1-5-6-26(23-7-8-25-22(16-23)10-12-28-25)29-17-18(2)13-24-15-19(3)21(9-11-27)14-20(24)4/h6-8,10,12,14-17H,5,9,11,13,27H2,1-4H3/b18-17+,26-6-. The van der Waals surface area contributed by atoms with Gasteiger partial charge in [-0.2, -0.15) is 0 Å². The van der Waals surface area contributed by atoms with Gasteiger partial charge < -0.3 is 10.2 Å². The summed E-state index contributed by atoms with van der Waals surface area (Å²) in [5.74, 6) is 0. The van der Waals surface area contributed by atoms with Crippen molar-refractivity contribution < 1.29 is 4.42 Å². The third-order valence-corrected chi connectivity index (χ3v) is 6.37. The minimum atomic E-state index is 0.701. The molecule has 0 bridgehead atoms. The molecule has 1 aromatic heterocycles. The fourth-order valence-corrected chi connectivity index (χ4v) is 4.53. The van der Waals surface area contributed by atoms with E-state index < -0.39 is 0 Å². The molecule has 3 rings (SSSR count). The van der Waals surface area contributed by atoms with E-state index >= 15 is 0 Å². The normalized spacial score (nSPS) is 12.7. The van der Waals surface area contributed by atoms with Crippen molar-refractivity contribution in [3.05, 3.63) is 87.5 Å². The van der Waals surface area contributed by atoms with Crippen LogP contribution >= 0.6 is 11.8 Å². The van der Waals surface area contributed by atoms with E-state index in [1.807, 2.05) is 17.8 Å². The summed E-state index contributed by atoms with van der Waals surface area (Å²) in [6.07, 6.45) is 6.98. The van der Waals surface area contributed by atoms with Gasteiger partial charge in [0.1, 0.15) is 5.58 Å². The van der Waals surface area contributed by atoms with Crippen molar-refractivity contribution in [2.45, 2.75) is 47.0 Å². The minimum Gasteiger partial charge on any atom is -0.464 e. The Hall–Kier alpha value is -2.23. The molecule has 0 atom stereocenters. The van der Waals surface area contributed by atoms with Gasteiger partial charge in [0.2, 0.25) is 0 Å². The number of fused-ring (bicyclic) bond motifs is 1. The maximum absolute atomic E-state index is 5.74. The van der Waals surface area contributed by atoms with Crippen LogP contribution in [-0.4, -0.2) is 6.54 Å². The average molecular weight is 406 g/mol. The molecule has 0 radical (unpaired) electrons. The SMILES string of the molecule is CC/C=C(\S/C=C(\C)Cc1cc(C)c(CCN)cc1C)c1ccc2occc2c1. The van der Waals surface area contributed by atoms with Crippen LogP contribution in [0.4, 0.5) is 0 Å². The predicted octanol–water partition coefficient (Wildman–Crippen LogP) is 7.18. The summed E-state index contributed by atoms with van der Waals surface area (Å²) in [6, 6.07) is 13.1. The van der Waals surface area contributed by atoms with Gasteiger partial charge in [-0.05, 0) is 98.0 Å². The number of furan rings is 1. The van der Waals surface area contributed by atoms with Gasteiger partial charge in [-0.1, -0.05) is 48.5 Å². The van der Waals surface area contributed by atoms with E-state index in [4.69, 9.17) is 10.2 Å². The molecule has 0 fully saturated rings. The Balaban J connectivity index is 1.76. The number of benzene rings is 2. The number of aryl methyl sites for hydroxylation is 2. The van der Waals surface area contributed by atoms with Crippen LogP contribution in [0.1, 0.15) is 48.1 Å². The van der Waals surface area contributed by atoms with Crippen LogP contribution in [0.3, 0.4) is 0 Å². The second-order valence-corrected chi connectivity index (χ2v) is 8.56. The van der Waals surface area contributed by atoms with Crippen LogP contribution in [0.25, 0.3) is 15.9 Å². The first kappa shape index (κ1) is 21.5. The van der Waals surface area contributed by atoms with Crippen molar-refractivity contribution in [2.24, 2.45) is 5.73 Å². The Labute approximate surface area is 178 Å². The van der Waals surface area contributed by atoms with Gasteiger partial charge in [-0.3, -0.25) is 0 Å². The summed E-state index contributed by atoms with van der Waals surface area (Å²) < 4.78 is 5.48. The molecule has 2 aromatic carbocycles. The summed E-state index contributed by atoms with van der Waals surface area (Å²) in [5, 5.41) is 3.44. The zero-order valence-corrected chi connectivity index (χ0v) is 18.7. The van der Waals surface area contributed by atoms with Crippen LogP contribution < -0.4 is 5.73 Å². The maximum Gasteiger partial charge on any atom is 0.133 e. The molecular weight excluding hydrogens is 374 g/mol. The molecule has 0 aliphatic rings. The van der Waals surface area contributed by atoms with Crippen LogP contribution in [0.2, 0.25) is 0 Å². The quantitative estimate of drug-likeness (QED) is 0.431. The molecule has 29 heavy (non-hydrogen) atoms. The first-order valence-corrected chi connectivity index (χ1v) is 11.2. The summed E-state index contributed by atoms with van der Waals surface area (Å²) in [4.78, 5) is 1.29. The summed E-state index contributed by atoms with van der Waals surface area (Å²) >= 11 is 1.81. The Morgan fingerprint density at radius 3 is 2.59 bits per heavy atom. The molecule has 3 aromatic rings. The molecule has 0 spiro atoms. The van der Waals surface area contributed by atoms with E-state index in [0.29, 0.717) is 6.54 Å². The van der Waals surface area contributed by atoms with E-state index in [0.717, 1.165) is 30.2 Å². The topological polar surface area (TPSA) is 39.2 Å². The van der Waals surface area contributed by atoms with Crippen LogP contribution in [0.15, 0.2) is 64.1 Å². The Kier molecular flexibility index (Phi) is 7.40. The van der Waals surface area contributed by atoms with Crippen molar-refractivity contribution >= 4 is 27.6 Å². The van der Waals surface area contributed by atoms with E-state index in [2.05, 4.69) is 69.5 Å². The third kappa shape index (κ3) is 5.43. The summed E-state index contributed by atoms with van der Waals surface area (Å²) in [7, 11) is 0. The number of rotatable bonds is 8. The molecule has 1 heterocycles. The molecule has 0 saturated carbocycles. The maximum atomic E-state index is 5.74.